The van der Waals surface area contributed by atoms with Crippen LogP contribution in [0.2, 0.25) is 0 Å². The average Bonchev–Trinajstić information content (AvgIpc) is 2.99. The van der Waals surface area contributed by atoms with Gasteiger partial charge in [-0.2, -0.15) is 0 Å². The smallest absolute Gasteiger partial charge is 0.293 e. The van der Waals surface area contributed by atoms with Crippen LogP contribution in [0.3, 0.4) is 0 Å². The van der Waals surface area contributed by atoms with Gasteiger partial charge in [0.25, 0.3) is 6.47 Å². The molecule has 0 aliphatic rings. The Morgan fingerprint density at radius 1 is 1.04 bits per heavy atom. The molecule has 1 aromatic heterocycles. The number of aromatic nitrogens is 1. The number of ether oxygens (including phenoxy) is 1. The van der Waals surface area contributed by atoms with E-state index in [4.69, 9.17) is 0 Å². The predicted molar refractivity (Wildman–Crippen MR) is 100 cm³/mol. The lowest BCUT2D eigenvalue weighted by Crippen LogP contribution is -2.10. The van der Waals surface area contributed by atoms with E-state index in [1.807, 2.05) is 0 Å². The molecule has 1 heterocycles. The molecule has 0 atom stereocenters. The number of aromatic amines is 1. The van der Waals surface area contributed by atoms with Crippen LogP contribution in [-0.4, -0.2) is 18.1 Å². The van der Waals surface area contributed by atoms with Crippen LogP contribution in [-0.2, 0) is 14.9 Å². The van der Waals surface area contributed by atoms with Crippen molar-refractivity contribution >= 4 is 17.4 Å². The molecule has 1 N–H and O–H groups in total. The van der Waals surface area contributed by atoms with Gasteiger partial charge < -0.3 is 9.72 Å². The summed E-state index contributed by atoms with van der Waals surface area (Å²) in [7, 11) is 0. The Labute approximate surface area is 143 Å². The van der Waals surface area contributed by atoms with Crippen molar-refractivity contribution in [2.75, 3.05) is 6.61 Å². The van der Waals surface area contributed by atoms with E-state index >= 15 is 0 Å². The van der Waals surface area contributed by atoms with Crippen molar-refractivity contribution in [2.45, 2.75) is 33.1 Å². The van der Waals surface area contributed by atoms with Crippen LogP contribution in [0.25, 0.3) is 22.0 Å². The molecule has 0 saturated carbocycles. The zero-order chi connectivity index (χ0) is 17.6. The van der Waals surface area contributed by atoms with E-state index in [-0.39, 0.29) is 5.41 Å². The Kier molecular flexibility index (Phi) is 5.80. The van der Waals surface area contributed by atoms with Crippen LogP contribution in [0.15, 0.2) is 54.7 Å². The fraction of sp³-hybridized carbons (Fsp3) is 0.286. The maximum atomic E-state index is 9.18. The standard InChI is InChI=1S/C18H19N.C3H6O2/c1-18(2,3)14-10-8-13(9-11-14)16-12-19-17-7-5-4-6-15(16)17;1-2-5-3-4/h4-12,19H,1-3H3;3H,2H2,1H3. The summed E-state index contributed by atoms with van der Waals surface area (Å²) in [6, 6.07) is 17.3. The zero-order valence-electron chi connectivity index (χ0n) is 14.8. The SMILES string of the molecule is CC(C)(C)c1ccc(-c2c[nH]c3ccccc23)cc1.CCOC=O. The number of H-pyrrole nitrogens is 1. The minimum absolute atomic E-state index is 0.207. The Morgan fingerprint density at radius 3 is 2.25 bits per heavy atom. The molecule has 3 nitrogen and oxygen atoms in total. The molecule has 0 unspecified atom stereocenters. The summed E-state index contributed by atoms with van der Waals surface area (Å²) in [5.41, 5.74) is 5.31. The largest absolute Gasteiger partial charge is 0.468 e. The van der Waals surface area contributed by atoms with Gasteiger partial charge in [-0.3, -0.25) is 4.79 Å². The maximum absolute atomic E-state index is 9.18. The van der Waals surface area contributed by atoms with Gasteiger partial charge in [-0.15, -0.1) is 0 Å². The first-order valence-electron chi connectivity index (χ1n) is 8.19. The second-order valence-corrected chi connectivity index (χ2v) is 6.63. The third-order valence-corrected chi connectivity index (χ3v) is 3.89. The number of carbonyl (C=O) groups is 1. The second kappa shape index (κ2) is 7.82. The van der Waals surface area contributed by atoms with Crippen LogP contribution >= 0.6 is 0 Å². The summed E-state index contributed by atoms with van der Waals surface area (Å²) >= 11 is 0. The van der Waals surface area contributed by atoms with Crippen LogP contribution in [0.4, 0.5) is 0 Å². The first kappa shape index (κ1) is 17.8. The highest BCUT2D eigenvalue weighted by molar-refractivity contribution is 5.95. The van der Waals surface area contributed by atoms with E-state index in [0.29, 0.717) is 13.1 Å². The van der Waals surface area contributed by atoms with Gasteiger partial charge in [0.2, 0.25) is 0 Å². The molecular formula is C21H25NO2. The van der Waals surface area contributed by atoms with Gasteiger partial charge >= 0.3 is 0 Å². The van der Waals surface area contributed by atoms with Crippen molar-refractivity contribution in [3.05, 3.63) is 60.3 Å². The third-order valence-electron chi connectivity index (χ3n) is 3.89. The number of carbonyl (C=O) groups excluding carboxylic acids is 1. The van der Waals surface area contributed by atoms with Crippen molar-refractivity contribution < 1.29 is 9.53 Å². The number of benzene rings is 2. The molecule has 3 heteroatoms. The normalized spacial score (nSPS) is 10.8. The number of nitrogens with one attached hydrogen (secondary N) is 1. The summed E-state index contributed by atoms with van der Waals surface area (Å²) in [5, 5.41) is 1.28. The molecular weight excluding hydrogens is 298 g/mol. The highest BCUT2D eigenvalue weighted by Gasteiger charge is 2.13. The van der Waals surface area contributed by atoms with Gasteiger partial charge in [-0.05, 0) is 29.5 Å². The molecule has 3 rings (SSSR count). The Morgan fingerprint density at radius 2 is 1.71 bits per heavy atom. The minimum atomic E-state index is 0.207. The summed E-state index contributed by atoms with van der Waals surface area (Å²) in [6.45, 7) is 9.40. The topological polar surface area (TPSA) is 42.1 Å². The Bertz CT molecular complexity index is 779. The fourth-order valence-corrected chi connectivity index (χ4v) is 2.53. The second-order valence-electron chi connectivity index (χ2n) is 6.63. The quantitative estimate of drug-likeness (QED) is 0.664. The average molecular weight is 323 g/mol. The Hall–Kier alpha value is -2.55. The maximum Gasteiger partial charge on any atom is 0.293 e. The number of hydrogen-bond donors (Lipinski definition) is 1. The number of fused-ring (bicyclic) bond motifs is 1. The molecule has 24 heavy (non-hydrogen) atoms. The van der Waals surface area contributed by atoms with E-state index in [2.05, 4.69) is 85.2 Å². The lowest BCUT2D eigenvalue weighted by Gasteiger charge is -2.19. The van der Waals surface area contributed by atoms with Gasteiger partial charge in [-0.25, -0.2) is 0 Å². The van der Waals surface area contributed by atoms with Gasteiger partial charge in [0, 0.05) is 22.7 Å². The predicted octanol–water partition coefficient (Wildman–Crippen LogP) is 5.31. The number of rotatable bonds is 3. The van der Waals surface area contributed by atoms with Crippen molar-refractivity contribution in [3.8, 4) is 11.1 Å². The van der Waals surface area contributed by atoms with Gasteiger partial charge in [-0.1, -0.05) is 63.2 Å². The zero-order valence-corrected chi connectivity index (χ0v) is 14.8. The summed E-state index contributed by atoms with van der Waals surface area (Å²) in [4.78, 5) is 12.5. The van der Waals surface area contributed by atoms with Crippen LogP contribution in [0.1, 0.15) is 33.3 Å². The van der Waals surface area contributed by atoms with Gasteiger partial charge in [0.15, 0.2) is 0 Å². The summed E-state index contributed by atoms with van der Waals surface area (Å²) < 4.78 is 4.15. The highest BCUT2D eigenvalue weighted by atomic mass is 16.5. The van der Waals surface area contributed by atoms with Gasteiger partial charge in [0.1, 0.15) is 0 Å². The van der Waals surface area contributed by atoms with Crippen LogP contribution in [0, 0.1) is 0 Å². The van der Waals surface area contributed by atoms with Gasteiger partial charge in [0.05, 0.1) is 6.61 Å². The fourth-order valence-electron chi connectivity index (χ4n) is 2.53. The molecule has 0 aliphatic heterocycles. The third kappa shape index (κ3) is 4.25. The summed E-state index contributed by atoms with van der Waals surface area (Å²) in [5.74, 6) is 0. The summed E-state index contributed by atoms with van der Waals surface area (Å²) in [6.07, 6.45) is 2.09. The van der Waals surface area contributed by atoms with Crippen molar-refractivity contribution in [2.24, 2.45) is 0 Å². The molecule has 0 bridgehead atoms. The van der Waals surface area contributed by atoms with Crippen LogP contribution in [0.5, 0.6) is 0 Å². The first-order valence-corrected chi connectivity index (χ1v) is 8.19. The number of para-hydroxylation sites is 1. The molecule has 3 aromatic rings. The van der Waals surface area contributed by atoms with E-state index in [0.717, 1.165) is 0 Å². The molecule has 0 aliphatic carbocycles. The lowest BCUT2D eigenvalue weighted by molar-refractivity contribution is -0.128. The molecule has 2 aromatic carbocycles. The van der Waals surface area contributed by atoms with Crippen molar-refractivity contribution in [1.82, 2.24) is 4.98 Å². The van der Waals surface area contributed by atoms with Crippen LogP contribution < -0.4 is 0 Å². The lowest BCUT2D eigenvalue weighted by atomic mass is 9.86. The van der Waals surface area contributed by atoms with E-state index in [1.54, 1.807) is 6.92 Å². The molecule has 126 valence electrons. The van der Waals surface area contributed by atoms with Crippen molar-refractivity contribution in [3.63, 3.8) is 0 Å². The molecule has 0 radical (unpaired) electrons. The highest BCUT2D eigenvalue weighted by Crippen LogP contribution is 2.30. The van der Waals surface area contributed by atoms with E-state index < -0.39 is 0 Å². The number of hydrogen-bond acceptors (Lipinski definition) is 2. The molecule has 0 fully saturated rings. The van der Waals surface area contributed by atoms with E-state index in [9.17, 15) is 4.79 Å². The van der Waals surface area contributed by atoms with Crippen molar-refractivity contribution in [1.29, 1.82) is 0 Å². The van der Waals surface area contributed by atoms with E-state index in [1.165, 1.54) is 27.6 Å². The molecule has 0 saturated heterocycles. The first-order chi connectivity index (χ1) is 11.5. The monoisotopic (exact) mass is 323 g/mol. The molecule has 0 amide bonds. The Balaban J connectivity index is 0.000000368. The molecule has 0 spiro atoms. The minimum Gasteiger partial charge on any atom is -0.468 e.